The summed E-state index contributed by atoms with van der Waals surface area (Å²) in [4.78, 5) is 8.61. The van der Waals surface area contributed by atoms with Gasteiger partial charge in [0.25, 0.3) is 0 Å². The highest BCUT2D eigenvalue weighted by Gasteiger charge is 2.17. The standard InChI is InChI=1S/C14H17N3O/c1-14(2,3)17(18)10-12-9-15-13(16-12)11-7-5-4-6-8-11/h4-10,18H,1-3H3/b12-10+. The van der Waals surface area contributed by atoms with E-state index in [0.29, 0.717) is 11.5 Å². The smallest absolute Gasteiger partial charge is 0.159 e. The SMILES string of the molecule is CC(C)(C)N(O)/C=C1\C=NC(c2ccccc2)=N1. The Morgan fingerprint density at radius 3 is 2.44 bits per heavy atom. The van der Waals surface area contributed by atoms with Gasteiger partial charge >= 0.3 is 0 Å². The number of hydroxylamine groups is 2. The van der Waals surface area contributed by atoms with Crippen LogP contribution in [-0.2, 0) is 0 Å². The fraction of sp³-hybridized carbons (Fsp3) is 0.286. The molecule has 1 aromatic rings. The summed E-state index contributed by atoms with van der Waals surface area (Å²) in [5.41, 5.74) is 1.26. The predicted octanol–water partition coefficient (Wildman–Crippen LogP) is 2.85. The molecule has 1 aromatic carbocycles. The molecule has 1 aliphatic rings. The van der Waals surface area contributed by atoms with Crippen LogP contribution in [0.2, 0.25) is 0 Å². The zero-order valence-corrected chi connectivity index (χ0v) is 10.8. The number of hydrogen-bond acceptors (Lipinski definition) is 4. The summed E-state index contributed by atoms with van der Waals surface area (Å²) >= 11 is 0. The van der Waals surface area contributed by atoms with Gasteiger partial charge in [0, 0.05) is 5.56 Å². The number of amidine groups is 1. The van der Waals surface area contributed by atoms with Crippen LogP contribution in [0, 0.1) is 0 Å². The lowest BCUT2D eigenvalue weighted by Crippen LogP contribution is -2.34. The number of allylic oxidation sites excluding steroid dienone is 1. The molecule has 0 fully saturated rings. The average Bonchev–Trinajstić information content (AvgIpc) is 2.77. The van der Waals surface area contributed by atoms with Gasteiger partial charge in [0.05, 0.1) is 18.0 Å². The van der Waals surface area contributed by atoms with Crippen molar-refractivity contribution in [2.45, 2.75) is 26.3 Å². The Morgan fingerprint density at radius 1 is 1.17 bits per heavy atom. The summed E-state index contributed by atoms with van der Waals surface area (Å²) in [6.45, 7) is 5.74. The van der Waals surface area contributed by atoms with E-state index in [4.69, 9.17) is 0 Å². The minimum Gasteiger partial charge on any atom is -0.288 e. The normalized spacial score (nSPS) is 17.1. The van der Waals surface area contributed by atoms with Crippen molar-refractivity contribution in [3.8, 4) is 0 Å². The summed E-state index contributed by atoms with van der Waals surface area (Å²) in [7, 11) is 0. The van der Waals surface area contributed by atoms with Crippen molar-refractivity contribution in [3.63, 3.8) is 0 Å². The Bertz CT molecular complexity index is 510. The summed E-state index contributed by atoms with van der Waals surface area (Å²) in [6, 6.07) is 9.76. The fourth-order valence-corrected chi connectivity index (χ4v) is 1.41. The van der Waals surface area contributed by atoms with Crippen molar-refractivity contribution >= 4 is 12.1 Å². The van der Waals surface area contributed by atoms with Gasteiger partial charge in [-0.05, 0) is 20.8 Å². The van der Waals surface area contributed by atoms with Gasteiger partial charge in [0.1, 0.15) is 5.70 Å². The Kier molecular flexibility index (Phi) is 3.30. The third-order valence-corrected chi connectivity index (χ3v) is 2.53. The molecule has 0 saturated heterocycles. The molecule has 0 bridgehead atoms. The van der Waals surface area contributed by atoms with Gasteiger partial charge in [0.2, 0.25) is 0 Å². The molecule has 2 rings (SSSR count). The average molecular weight is 243 g/mol. The molecule has 4 heteroatoms. The molecule has 0 aromatic heterocycles. The van der Waals surface area contributed by atoms with Crippen LogP contribution in [0.25, 0.3) is 0 Å². The van der Waals surface area contributed by atoms with Crippen molar-refractivity contribution in [1.82, 2.24) is 5.06 Å². The molecule has 1 heterocycles. The van der Waals surface area contributed by atoms with Gasteiger partial charge in [-0.3, -0.25) is 10.3 Å². The van der Waals surface area contributed by atoms with Gasteiger partial charge < -0.3 is 0 Å². The highest BCUT2D eigenvalue weighted by molar-refractivity contribution is 6.10. The monoisotopic (exact) mass is 243 g/mol. The lowest BCUT2D eigenvalue weighted by atomic mass is 10.1. The number of hydrogen-bond donors (Lipinski definition) is 1. The zero-order valence-electron chi connectivity index (χ0n) is 10.8. The van der Waals surface area contributed by atoms with Crippen molar-refractivity contribution in [3.05, 3.63) is 47.8 Å². The number of nitrogens with zero attached hydrogens (tertiary/aromatic N) is 3. The molecule has 0 amide bonds. The van der Waals surface area contributed by atoms with Gasteiger partial charge in [-0.2, -0.15) is 0 Å². The van der Waals surface area contributed by atoms with E-state index in [9.17, 15) is 5.21 Å². The number of aliphatic imine (C=N–C) groups is 2. The molecule has 0 spiro atoms. The van der Waals surface area contributed by atoms with E-state index in [-0.39, 0.29) is 5.54 Å². The topological polar surface area (TPSA) is 48.2 Å². The van der Waals surface area contributed by atoms with Gasteiger partial charge in [0.15, 0.2) is 5.84 Å². The van der Waals surface area contributed by atoms with Crippen LogP contribution in [0.4, 0.5) is 0 Å². The summed E-state index contributed by atoms with van der Waals surface area (Å²) in [5, 5.41) is 11.0. The van der Waals surface area contributed by atoms with Crippen LogP contribution in [0.5, 0.6) is 0 Å². The number of rotatable bonds is 2. The van der Waals surface area contributed by atoms with Crippen LogP contribution in [-0.4, -0.2) is 27.9 Å². The first-order valence-electron chi connectivity index (χ1n) is 5.85. The molecule has 94 valence electrons. The van der Waals surface area contributed by atoms with Gasteiger partial charge in [-0.25, -0.2) is 9.98 Å². The first-order chi connectivity index (χ1) is 8.47. The second kappa shape index (κ2) is 4.74. The first-order valence-corrected chi connectivity index (χ1v) is 5.85. The second-order valence-electron chi connectivity index (χ2n) is 5.13. The van der Waals surface area contributed by atoms with Crippen LogP contribution < -0.4 is 0 Å². The van der Waals surface area contributed by atoms with Crippen LogP contribution in [0.15, 0.2) is 52.2 Å². The van der Waals surface area contributed by atoms with Crippen molar-refractivity contribution in [1.29, 1.82) is 0 Å². The molecule has 0 radical (unpaired) electrons. The maximum absolute atomic E-state index is 9.83. The molecular weight excluding hydrogens is 226 g/mol. The molecule has 4 nitrogen and oxygen atoms in total. The van der Waals surface area contributed by atoms with Crippen molar-refractivity contribution in [2.24, 2.45) is 9.98 Å². The van der Waals surface area contributed by atoms with Crippen LogP contribution in [0.1, 0.15) is 26.3 Å². The summed E-state index contributed by atoms with van der Waals surface area (Å²) < 4.78 is 0. The molecule has 18 heavy (non-hydrogen) atoms. The molecule has 0 saturated carbocycles. The third-order valence-electron chi connectivity index (χ3n) is 2.53. The van der Waals surface area contributed by atoms with Crippen molar-refractivity contribution < 1.29 is 5.21 Å². The minimum absolute atomic E-state index is 0.355. The predicted molar refractivity (Wildman–Crippen MR) is 72.9 cm³/mol. The highest BCUT2D eigenvalue weighted by atomic mass is 16.5. The van der Waals surface area contributed by atoms with Crippen molar-refractivity contribution in [2.75, 3.05) is 0 Å². The Hall–Kier alpha value is -1.94. The van der Waals surface area contributed by atoms with Crippen LogP contribution in [0.3, 0.4) is 0 Å². The summed E-state index contributed by atoms with van der Waals surface area (Å²) in [5.74, 6) is 0.671. The van der Waals surface area contributed by atoms with E-state index in [1.54, 1.807) is 12.4 Å². The van der Waals surface area contributed by atoms with E-state index < -0.39 is 0 Å². The quantitative estimate of drug-likeness (QED) is 0.812. The minimum atomic E-state index is -0.355. The molecule has 0 unspecified atom stereocenters. The number of benzene rings is 1. The van der Waals surface area contributed by atoms with E-state index in [1.807, 2.05) is 51.1 Å². The third kappa shape index (κ3) is 2.84. The van der Waals surface area contributed by atoms with Gasteiger partial charge in [-0.15, -0.1) is 0 Å². The van der Waals surface area contributed by atoms with E-state index >= 15 is 0 Å². The molecule has 1 aliphatic heterocycles. The van der Waals surface area contributed by atoms with E-state index in [2.05, 4.69) is 9.98 Å². The lowest BCUT2D eigenvalue weighted by Gasteiger charge is -2.27. The Morgan fingerprint density at radius 2 is 1.83 bits per heavy atom. The summed E-state index contributed by atoms with van der Waals surface area (Å²) in [6.07, 6.45) is 3.23. The van der Waals surface area contributed by atoms with E-state index in [1.165, 1.54) is 0 Å². The van der Waals surface area contributed by atoms with Gasteiger partial charge in [-0.1, -0.05) is 30.3 Å². The molecule has 0 aliphatic carbocycles. The molecular formula is C14H17N3O. The van der Waals surface area contributed by atoms with Crippen LogP contribution >= 0.6 is 0 Å². The maximum atomic E-state index is 9.83. The lowest BCUT2D eigenvalue weighted by molar-refractivity contribution is -0.110. The first kappa shape index (κ1) is 12.5. The van der Waals surface area contributed by atoms with E-state index in [0.717, 1.165) is 10.6 Å². The molecule has 1 N–H and O–H groups in total. The second-order valence-corrected chi connectivity index (χ2v) is 5.13. The largest absolute Gasteiger partial charge is 0.288 e. The Balaban J connectivity index is 2.20. The highest BCUT2D eigenvalue weighted by Crippen LogP contribution is 2.15. The fourth-order valence-electron chi connectivity index (χ4n) is 1.41. The molecule has 0 atom stereocenters. The Labute approximate surface area is 107 Å². The zero-order chi connectivity index (χ0) is 13.2. The maximum Gasteiger partial charge on any atom is 0.159 e.